The lowest BCUT2D eigenvalue weighted by Crippen LogP contribution is -2.36. The zero-order valence-corrected chi connectivity index (χ0v) is 10.9. The van der Waals surface area contributed by atoms with Crippen molar-refractivity contribution in [1.82, 2.24) is 4.90 Å². The number of nitrogens with zero attached hydrogens (tertiary/aromatic N) is 1. The second-order valence-electron chi connectivity index (χ2n) is 4.16. The van der Waals surface area contributed by atoms with Crippen molar-refractivity contribution in [3.05, 3.63) is 24.3 Å². The quantitative estimate of drug-likeness (QED) is 0.850. The minimum Gasteiger partial charge on any atom is -0.484 e. The van der Waals surface area contributed by atoms with Crippen molar-refractivity contribution < 1.29 is 9.53 Å². The largest absolute Gasteiger partial charge is 0.484 e. The number of anilines is 1. The molecule has 0 spiro atoms. The molecule has 0 unspecified atom stereocenters. The van der Waals surface area contributed by atoms with Crippen LogP contribution >= 0.6 is 0 Å². The molecule has 4 heteroatoms. The van der Waals surface area contributed by atoms with Crippen LogP contribution in [0.5, 0.6) is 5.75 Å². The Hall–Kier alpha value is -1.71. The van der Waals surface area contributed by atoms with Gasteiger partial charge in [0.15, 0.2) is 6.61 Å². The van der Waals surface area contributed by atoms with Gasteiger partial charge < -0.3 is 15.0 Å². The van der Waals surface area contributed by atoms with Gasteiger partial charge in [0, 0.05) is 25.8 Å². The molecular weight excluding hydrogens is 216 g/mol. The summed E-state index contributed by atoms with van der Waals surface area (Å²) in [6.45, 7) is 4.02. The van der Waals surface area contributed by atoms with Gasteiger partial charge in [0.1, 0.15) is 5.75 Å². The first kappa shape index (κ1) is 13.4. The van der Waals surface area contributed by atoms with E-state index in [1.54, 1.807) is 11.9 Å². The zero-order valence-electron chi connectivity index (χ0n) is 10.9. The number of ether oxygens (including phenoxy) is 1. The predicted molar refractivity (Wildman–Crippen MR) is 69.4 cm³/mol. The SMILES string of the molecule is CNc1ccc(OCC(=O)N(C)C(C)C)cc1. The van der Waals surface area contributed by atoms with E-state index in [0.717, 1.165) is 5.69 Å². The van der Waals surface area contributed by atoms with Crippen molar-refractivity contribution in [3.8, 4) is 5.75 Å². The molecular formula is C13H20N2O2. The average molecular weight is 236 g/mol. The monoisotopic (exact) mass is 236 g/mol. The maximum absolute atomic E-state index is 11.7. The van der Waals surface area contributed by atoms with Crippen molar-refractivity contribution >= 4 is 11.6 Å². The molecule has 0 saturated heterocycles. The van der Waals surface area contributed by atoms with Crippen molar-refractivity contribution in [2.75, 3.05) is 26.0 Å². The normalized spacial score (nSPS) is 10.2. The third kappa shape index (κ3) is 3.98. The van der Waals surface area contributed by atoms with Gasteiger partial charge in [0.2, 0.25) is 0 Å². The Morgan fingerprint density at radius 2 is 1.94 bits per heavy atom. The highest BCUT2D eigenvalue weighted by Crippen LogP contribution is 2.15. The number of benzene rings is 1. The number of hydrogen-bond donors (Lipinski definition) is 1. The first-order valence-electron chi connectivity index (χ1n) is 5.71. The molecule has 1 aromatic carbocycles. The van der Waals surface area contributed by atoms with Crippen LogP contribution in [0.4, 0.5) is 5.69 Å². The average Bonchev–Trinajstić information content (AvgIpc) is 2.35. The van der Waals surface area contributed by atoms with E-state index in [0.29, 0.717) is 5.75 Å². The lowest BCUT2D eigenvalue weighted by molar-refractivity contribution is -0.133. The van der Waals surface area contributed by atoms with Crippen molar-refractivity contribution in [2.24, 2.45) is 0 Å². The van der Waals surface area contributed by atoms with E-state index in [9.17, 15) is 4.79 Å². The van der Waals surface area contributed by atoms with E-state index in [1.165, 1.54) is 0 Å². The lowest BCUT2D eigenvalue weighted by atomic mass is 10.3. The molecule has 0 atom stereocenters. The first-order valence-corrected chi connectivity index (χ1v) is 5.71. The molecule has 0 aromatic heterocycles. The van der Waals surface area contributed by atoms with E-state index < -0.39 is 0 Å². The van der Waals surface area contributed by atoms with Gasteiger partial charge in [-0.05, 0) is 38.1 Å². The number of carbonyl (C=O) groups is 1. The van der Waals surface area contributed by atoms with Crippen molar-refractivity contribution in [3.63, 3.8) is 0 Å². The third-order valence-electron chi connectivity index (χ3n) is 2.67. The van der Waals surface area contributed by atoms with Crippen molar-refractivity contribution in [2.45, 2.75) is 19.9 Å². The molecule has 4 nitrogen and oxygen atoms in total. The molecule has 17 heavy (non-hydrogen) atoms. The number of rotatable bonds is 5. The summed E-state index contributed by atoms with van der Waals surface area (Å²) in [5.74, 6) is 0.687. The van der Waals surface area contributed by atoms with Gasteiger partial charge >= 0.3 is 0 Å². The van der Waals surface area contributed by atoms with Gasteiger partial charge in [-0.2, -0.15) is 0 Å². The Labute approximate surface area is 103 Å². The highest BCUT2D eigenvalue weighted by atomic mass is 16.5. The van der Waals surface area contributed by atoms with Gasteiger partial charge in [-0.3, -0.25) is 4.79 Å². The summed E-state index contributed by atoms with van der Waals surface area (Å²) in [5.41, 5.74) is 1.02. The summed E-state index contributed by atoms with van der Waals surface area (Å²) in [6.07, 6.45) is 0. The molecule has 0 bridgehead atoms. The van der Waals surface area contributed by atoms with Crippen LogP contribution in [0.3, 0.4) is 0 Å². The van der Waals surface area contributed by atoms with Crippen LogP contribution in [0, 0.1) is 0 Å². The molecule has 0 fully saturated rings. The predicted octanol–water partition coefficient (Wildman–Crippen LogP) is 1.97. The van der Waals surface area contributed by atoms with Crippen LogP contribution in [0.1, 0.15) is 13.8 Å². The van der Waals surface area contributed by atoms with Crippen LogP contribution in [0.2, 0.25) is 0 Å². The van der Waals surface area contributed by atoms with Gasteiger partial charge in [-0.25, -0.2) is 0 Å². The van der Waals surface area contributed by atoms with E-state index in [2.05, 4.69) is 5.32 Å². The van der Waals surface area contributed by atoms with Crippen LogP contribution in [0.15, 0.2) is 24.3 Å². The number of hydrogen-bond acceptors (Lipinski definition) is 3. The maximum atomic E-state index is 11.7. The van der Waals surface area contributed by atoms with E-state index in [4.69, 9.17) is 4.74 Å². The summed E-state index contributed by atoms with van der Waals surface area (Å²) < 4.78 is 5.42. The summed E-state index contributed by atoms with van der Waals surface area (Å²) in [5, 5.41) is 3.02. The topological polar surface area (TPSA) is 41.6 Å². The summed E-state index contributed by atoms with van der Waals surface area (Å²) in [6, 6.07) is 7.69. The Balaban J connectivity index is 2.47. The van der Waals surface area contributed by atoms with Crippen LogP contribution in [-0.4, -0.2) is 37.6 Å². The smallest absolute Gasteiger partial charge is 0.260 e. The summed E-state index contributed by atoms with van der Waals surface area (Å²) in [4.78, 5) is 13.3. The molecule has 94 valence electrons. The number of likely N-dealkylation sites (N-methyl/N-ethyl adjacent to an activating group) is 1. The van der Waals surface area contributed by atoms with E-state index >= 15 is 0 Å². The zero-order chi connectivity index (χ0) is 12.8. The Morgan fingerprint density at radius 3 is 2.41 bits per heavy atom. The minimum atomic E-state index is -0.0160. The van der Waals surface area contributed by atoms with E-state index in [-0.39, 0.29) is 18.6 Å². The fraction of sp³-hybridized carbons (Fsp3) is 0.462. The standard InChI is InChI=1S/C13H20N2O2/c1-10(2)15(4)13(16)9-17-12-7-5-11(14-3)6-8-12/h5-8,10,14H,9H2,1-4H3. The highest BCUT2D eigenvalue weighted by Gasteiger charge is 2.12. The number of amides is 1. The van der Waals surface area contributed by atoms with Gasteiger partial charge in [-0.15, -0.1) is 0 Å². The van der Waals surface area contributed by atoms with Gasteiger partial charge in [-0.1, -0.05) is 0 Å². The van der Waals surface area contributed by atoms with Crippen LogP contribution < -0.4 is 10.1 Å². The van der Waals surface area contributed by atoms with Crippen molar-refractivity contribution in [1.29, 1.82) is 0 Å². The van der Waals surface area contributed by atoms with Gasteiger partial charge in [0.25, 0.3) is 5.91 Å². The molecule has 1 amide bonds. The first-order chi connectivity index (χ1) is 8.04. The molecule has 0 saturated carbocycles. The second kappa shape index (κ2) is 6.13. The second-order valence-corrected chi connectivity index (χ2v) is 4.16. The molecule has 0 radical (unpaired) electrons. The Kier molecular flexibility index (Phi) is 4.82. The third-order valence-corrected chi connectivity index (χ3v) is 2.67. The number of nitrogens with one attached hydrogen (secondary N) is 1. The Bertz CT molecular complexity index is 360. The highest BCUT2D eigenvalue weighted by molar-refractivity contribution is 5.77. The minimum absolute atomic E-state index is 0.0160. The fourth-order valence-electron chi connectivity index (χ4n) is 1.25. The van der Waals surface area contributed by atoms with Gasteiger partial charge in [0.05, 0.1) is 0 Å². The summed E-state index contributed by atoms with van der Waals surface area (Å²) >= 11 is 0. The van der Waals surface area contributed by atoms with Crippen LogP contribution in [-0.2, 0) is 4.79 Å². The number of carbonyl (C=O) groups excluding carboxylic acids is 1. The van der Waals surface area contributed by atoms with E-state index in [1.807, 2.05) is 45.2 Å². The molecule has 0 aliphatic carbocycles. The molecule has 1 aromatic rings. The molecule has 1 rings (SSSR count). The molecule has 0 aliphatic heterocycles. The fourth-order valence-corrected chi connectivity index (χ4v) is 1.25. The maximum Gasteiger partial charge on any atom is 0.260 e. The molecule has 0 heterocycles. The molecule has 1 N–H and O–H groups in total. The lowest BCUT2D eigenvalue weighted by Gasteiger charge is -2.21. The Morgan fingerprint density at radius 1 is 1.35 bits per heavy atom. The summed E-state index contributed by atoms with van der Waals surface area (Å²) in [7, 11) is 3.64. The molecule has 0 aliphatic rings. The van der Waals surface area contributed by atoms with Crippen LogP contribution in [0.25, 0.3) is 0 Å².